The average molecular weight is 401 g/mol. The minimum absolute atomic E-state index is 0.568. The van der Waals surface area contributed by atoms with Gasteiger partial charge < -0.3 is 9.47 Å². The van der Waals surface area contributed by atoms with Crippen LogP contribution in [0.15, 0.2) is 0 Å². The summed E-state index contributed by atoms with van der Waals surface area (Å²) in [6.45, 7) is -1.15. The topological polar surface area (TPSA) is 95.7 Å². The summed E-state index contributed by atoms with van der Waals surface area (Å²) < 4.78 is 100.0. The number of carbonyl (C=O) groups is 2. The molecule has 0 aliphatic carbocycles. The summed E-state index contributed by atoms with van der Waals surface area (Å²) in [5.74, 6) is -23.6. The molecule has 0 heterocycles. The van der Waals surface area contributed by atoms with Crippen molar-refractivity contribution in [1.29, 1.82) is 0 Å². The summed E-state index contributed by atoms with van der Waals surface area (Å²) in [6, 6.07) is 0. The second kappa shape index (κ2) is 8.49. The summed E-state index contributed by atoms with van der Waals surface area (Å²) in [5, 5.41) is 10.5. The van der Waals surface area contributed by atoms with E-state index < -0.39 is 66.5 Å². The maximum Gasteiger partial charge on any atom is 0.459 e. The Balaban J connectivity index is 6.34. The molecular weight excluding hydrogens is 387 g/mol. The number of halogens is 7. The van der Waals surface area contributed by atoms with Gasteiger partial charge in [-0.1, -0.05) is 0 Å². The van der Waals surface area contributed by atoms with Crippen LogP contribution in [0.4, 0.5) is 30.7 Å². The first-order valence-electron chi connectivity index (χ1n) is 6.92. The molecule has 0 aromatic heterocycles. The van der Waals surface area contributed by atoms with Gasteiger partial charge in [0.25, 0.3) is 0 Å². The summed E-state index contributed by atoms with van der Waals surface area (Å²) >= 11 is 0. The van der Waals surface area contributed by atoms with E-state index in [1.807, 2.05) is 0 Å². The predicted octanol–water partition coefficient (Wildman–Crippen LogP) is 2.45. The van der Waals surface area contributed by atoms with E-state index in [4.69, 9.17) is 0 Å². The number of carbonyl (C=O) groups excluding carboxylic acids is 2. The van der Waals surface area contributed by atoms with Crippen LogP contribution in [0, 0.1) is 22.0 Å². The van der Waals surface area contributed by atoms with Gasteiger partial charge in [-0.05, 0) is 13.8 Å². The summed E-state index contributed by atoms with van der Waals surface area (Å²) in [7, 11) is 0. The van der Waals surface area contributed by atoms with Gasteiger partial charge >= 0.3 is 30.0 Å². The molecule has 0 N–H and O–H groups in total. The highest BCUT2D eigenvalue weighted by Crippen LogP contribution is 2.51. The van der Waals surface area contributed by atoms with Crippen LogP contribution in [0.3, 0.4) is 0 Å². The number of alkyl halides is 7. The number of nitrogens with zero attached hydrogens (tertiary/aromatic N) is 1. The van der Waals surface area contributed by atoms with E-state index in [-0.39, 0.29) is 0 Å². The molecule has 0 aromatic carbocycles. The number of hydrogen-bond acceptors (Lipinski definition) is 6. The van der Waals surface area contributed by atoms with E-state index in [1.54, 1.807) is 0 Å². The zero-order valence-corrected chi connectivity index (χ0v) is 13.3. The number of hydrogen-bond donors (Lipinski definition) is 0. The first kappa shape index (κ1) is 23.9. The standard InChI is InChI=1S/C12H14F7NO6/c1-3-25-8(21)7(9(22)26-4-2)6(5-20(23)24)10(13,14)11(15,16)12(17,18)19/h6-7H,3-5H2,1-2H3. The fraction of sp³-hybridized carbons (Fsp3) is 0.833. The minimum Gasteiger partial charge on any atom is -0.465 e. The van der Waals surface area contributed by atoms with Crippen molar-refractivity contribution in [2.24, 2.45) is 11.8 Å². The highest BCUT2D eigenvalue weighted by Gasteiger charge is 2.77. The number of ether oxygens (including phenoxy) is 2. The lowest BCUT2D eigenvalue weighted by molar-refractivity contribution is -0.502. The van der Waals surface area contributed by atoms with Gasteiger partial charge in [0, 0.05) is 4.92 Å². The van der Waals surface area contributed by atoms with E-state index in [9.17, 15) is 50.4 Å². The van der Waals surface area contributed by atoms with Crippen LogP contribution in [0.25, 0.3) is 0 Å². The van der Waals surface area contributed by atoms with Crippen molar-refractivity contribution < 1.29 is 54.7 Å². The molecule has 7 nitrogen and oxygen atoms in total. The molecule has 0 fully saturated rings. The van der Waals surface area contributed by atoms with E-state index >= 15 is 0 Å². The first-order valence-corrected chi connectivity index (χ1v) is 6.92. The van der Waals surface area contributed by atoms with Gasteiger partial charge in [0.2, 0.25) is 6.54 Å². The largest absolute Gasteiger partial charge is 0.465 e. The SMILES string of the molecule is CCOC(=O)C(C(=O)OCC)C(C[N+](=O)[O-])C(F)(F)C(F)(F)C(F)(F)F. The van der Waals surface area contributed by atoms with Crippen LogP contribution in [0.5, 0.6) is 0 Å². The molecule has 0 radical (unpaired) electrons. The smallest absolute Gasteiger partial charge is 0.459 e. The van der Waals surface area contributed by atoms with Gasteiger partial charge in [-0.2, -0.15) is 30.7 Å². The third-order valence-corrected chi connectivity index (χ3v) is 3.07. The van der Waals surface area contributed by atoms with Crippen molar-refractivity contribution in [3.63, 3.8) is 0 Å². The molecule has 0 aliphatic heterocycles. The fourth-order valence-electron chi connectivity index (χ4n) is 1.90. The van der Waals surface area contributed by atoms with Gasteiger partial charge in [-0.25, -0.2) is 0 Å². The van der Waals surface area contributed by atoms with Crippen LogP contribution < -0.4 is 0 Å². The Labute approximate surface area is 141 Å². The molecule has 0 saturated heterocycles. The Bertz CT molecular complexity index is 519. The van der Waals surface area contributed by atoms with Crippen molar-refractivity contribution in [2.75, 3.05) is 19.8 Å². The molecule has 0 bridgehead atoms. The zero-order chi connectivity index (χ0) is 20.9. The van der Waals surface area contributed by atoms with Crippen LogP contribution in [-0.2, 0) is 19.1 Å². The number of esters is 2. The third kappa shape index (κ3) is 4.94. The van der Waals surface area contributed by atoms with Crippen LogP contribution in [0.2, 0.25) is 0 Å². The molecule has 0 amide bonds. The molecule has 26 heavy (non-hydrogen) atoms. The van der Waals surface area contributed by atoms with Crippen molar-refractivity contribution >= 4 is 11.9 Å². The molecule has 0 aromatic rings. The lowest BCUT2D eigenvalue weighted by Crippen LogP contribution is -2.60. The Morgan fingerprint density at radius 3 is 1.62 bits per heavy atom. The van der Waals surface area contributed by atoms with E-state index in [1.165, 1.54) is 0 Å². The van der Waals surface area contributed by atoms with Gasteiger partial charge in [-0.15, -0.1) is 0 Å². The lowest BCUT2D eigenvalue weighted by atomic mass is 9.83. The average Bonchev–Trinajstić information content (AvgIpc) is 2.45. The lowest BCUT2D eigenvalue weighted by Gasteiger charge is -2.34. The maximum atomic E-state index is 14.0. The molecule has 152 valence electrons. The Morgan fingerprint density at radius 2 is 1.35 bits per heavy atom. The monoisotopic (exact) mass is 401 g/mol. The minimum atomic E-state index is -6.81. The van der Waals surface area contributed by atoms with Gasteiger partial charge in [-0.3, -0.25) is 19.7 Å². The van der Waals surface area contributed by atoms with Crippen LogP contribution in [0.1, 0.15) is 13.8 Å². The van der Waals surface area contributed by atoms with E-state index in [0.717, 1.165) is 13.8 Å². The molecule has 0 aliphatic rings. The number of nitro groups is 1. The van der Waals surface area contributed by atoms with Crippen LogP contribution in [-0.4, -0.2) is 54.6 Å². The van der Waals surface area contributed by atoms with Gasteiger partial charge in [0.05, 0.1) is 13.2 Å². The zero-order valence-electron chi connectivity index (χ0n) is 13.3. The molecule has 0 rings (SSSR count). The van der Waals surface area contributed by atoms with Gasteiger partial charge in [0.15, 0.2) is 5.92 Å². The van der Waals surface area contributed by atoms with Crippen molar-refractivity contribution in [3.8, 4) is 0 Å². The quantitative estimate of drug-likeness (QED) is 0.194. The van der Waals surface area contributed by atoms with Crippen molar-refractivity contribution in [1.82, 2.24) is 0 Å². The highest BCUT2D eigenvalue weighted by molar-refractivity contribution is 5.95. The fourth-order valence-corrected chi connectivity index (χ4v) is 1.90. The normalized spacial score (nSPS) is 14.1. The van der Waals surface area contributed by atoms with E-state index in [2.05, 4.69) is 9.47 Å². The Morgan fingerprint density at radius 1 is 0.962 bits per heavy atom. The van der Waals surface area contributed by atoms with Crippen molar-refractivity contribution in [2.45, 2.75) is 31.9 Å². The van der Waals surface area contributed by atoms with E-state index in [0.29, 0.717) is 0 Å². The second-order valence-electron chi connectivity index (χ2n) is 4.80. The Hall–Kier alpha value is -2.15. The predicted molar refractivity (Wildman–Crippen MR) is 68.1 cm³/mol. The van der Waals surface area contributed by atoms with Crippen LogP contribution >= 0.6 is 0 Å². The Kier molecular flexibility index (Phi) is 7.79. The number of rotatable bonds is 9. The molecular formula is C12H14F7NO6. The molecule has 0 spiro atoms. The summed E-state index contributed by atoms with van der Waals surface area (Å²) in [4.78, 5) is 32.3. The molecule has 1 unspecified atom stereocenters. The molecule has 14 heteroatoms. The highest BCUT2D eigenvalue weighted by atomic mass is 19.4. The van der Waals surface area contributed by atoms with Gasteiger partial charge in [0.1, 0.15) is 5.92 Å². The maximum absolute atomic E-state index is 14.0. The molecule has 0 saturated carbocycles. The molecule has 1 atom stereocenters. The summed E-state index contributed by atoms with van der Waals surface area (Å²) in [6.07, 6.45) is -6.81. The van der Waals surface area contributed by atoms with Crippen molar-refractivity contribution in [3.05, 3.63) is 10.1 Å². The first-order chi connectivity index (χ1) is 11.6. The summed E-state index contributed by atoms with van der Waals surface area (Å²) in [5.41, 5.74) is 0. The third-order valence-electron chi connectivity index (χ3n) is 3.07. The second-order valence-corrected chi connectivity index (χ2v) is 4.80.